The zero-order valence-corrected chi connectivity index (χ0v) is 12.7. The highest BCUT2D eigenvalue weighted by Crippen LogP contribution is 2.23. The van der Waals surface area contributed by atoms with E-state index in [1.165, 1.54) is 0 Å². The van der Waals surface area contributed by atoms with Gasteiger partial charge in [0.2, 0.25) is 11.5 Å². The fraction of sp³-hybridized carbons (Fsp3) is 0.333. The Morgan fingerprint density at radius 1 is 1.32 bits per heavy atom. The Balaban J connectivity index is 1.87. The normalized spacial score (nSPS) is 17.6. The Bertz CT molecular complexity index is 789. The van der Waals surface area contributed by atoms with Crippen LogP contribution in [0.1, 0.15) is 31.7 Å². The van der Waals surface area contributed by atoms with Crippen molar-refractivity contribution in [2.45, 2.75) is 32.6 Å². The average molecular weight is 296 g/mol. The molecule has 1 atom stereocenters. The molecule has 0 spiro atoms. The lowest BCUT2D eigenvalue weighted by Crippen LogP contribution is -2.23. The molecule has 0 fully saturated rings. The monoisotopic (exact) mass is 296 g/mol. The van der Waals surface area contributed by atoms with Gasteiger partial charge >= 0.3 is 0 Å². The zero-order valence-electron chi connectivity index (χ0n) is 12.7. The number of aromatic amines is 1. The van der Waals surface area contributed by atoms with Crippen LogP contribution >= 0.6 is 0 Å². The van der Waals surface area contributed by atoms with Gasteiger partial charge in [0.1, 0.15) is 0 Å². The number of rotatable bonds is 3. The molecule has 2 aromatic rings. The quantitative estimate of drug-likeness (QED) is 0.853. The van der Waals surface area contributed by atoms with Crippen LogP contribution in [0.2, 0.25) is 0 Å². The third kappa shape index (κ3) is 2.96. The highest BCUT2D eigenvalue weighted by Gasteiger charge is 2.18. The van der Waals surface area contributed by atoms with Crippen LogP contribution in [0.5, 0.6) is 0 Å². The van der Waals surface area contributed by atoms with Crippen molar-refractivity contribution >= 4 is 22.5 Å². The highest BCUT2D eigenvalue weighted by molar-refractivity contribution is 5.95. The van der Waals surface area contributed by atoms with Gasteiger partial charge in [-0.3, -0.25) is 9.59 Å². The topological polar surface area (TPSA) is 62.0 Å². The SMILES string of the molecule is CCc1cc(=O)[nH]c2cc(NC(=O)C3CC=CCC3)ccc12. The van der Waals surface area contributed by atoms with Gasteiger partial charge in [0.25, 0.3) is 0 Å². The van der Waals surface area contributed by atoms with Crippen molar-refractivity contribution in [3.63, 3.8) is 0 Å². The van der Waals surface area contributed by atoms with Gasteiger partial charge in [-0.2, -0.15) is 0 Å². The Kier molecular flexibility index (Phi) is 4.09. The number of benzene rings is 1. The molecule has 0 radical (unpaired) electrons. The molecule has 3 rings (SSSR count). The summed E-state index contributed by atoms with van der Waals surface area (Å²) in [5.74, 6) is 0.0967. The molecule has 0 bridgehead atoms. The minimum Gasteiger partial charge on any atom is -0.326 e. The van der Waals surface area contributed by atoms with E-state index < -0.39 is 0 Å². The summed E-state index contributed by atoms with van der Waals surface area (Å²) >= 11 is 0. The predicted molar refractivity (Wildman–Crippen MR) is 89.1 cm³/mol. The van der Waals surface area contributed by atoms with E-state index in [1.807, 2.05) is 25.1 Å². The van der Waals surface area contributed by atoms with Crippen LogP contribution in [0.15, 0.2) is 41.2 Å². The van der Waals surface area contributed by atoms with Crippen molar-refractivity contribution in [3.8, 4) is 0 Å². The van der Waals surface area contributed by atoms with E-state index in [1.54, 1.807) is 6.07 Å². The molecule has 1 heterocycles. The van der Waals surface area contributed by atoms with Gasteiger partial charge in [0, 0.05) is 23.1 Å². The second-order valence-corrected chi connectivity index (χ2v) is 5.74. The van der Waals surface area contributed by atoms with Gasteiger partial charge in [-0.15, -0.1) is 0 Å². The van der Waals surface area contributed by atoms with Gasteiger partial charge in [0.05, 0.1) is 5.52 Å². The maximum atomic E-state index is 12.3. The molecular weight excluding hydrogens is 276 g/mol. The Labute approximate surface area is 129 Å². The lowest BCUT2D eigenvalue weighted by molar-refractivity contribution is -0.120. The molecule has 1 aliphatic carbocycles. The summed E-state index contributed by atoms with van der Waals surface area (Å²) in [6, 6.07) is 7.33. The summed E-state index contributed by atoms with van der Waals surface area (Å²) in [7, 11) is 0. The predicted octanol–water partition coefficient (Wildman–Crippen LogP) is 3.39. The molecule has 1 aromatic carbocycles. The van der Waals surface area contributed by atoms with Crippen LogP contribution in [-0.2, 0) is 11.2 Å². The third-order valence-electron chi connectivity index (χ3n) is 4.22. The van der Waals surface area contributed by atoms with E-state index in [2.05, 4.69) is 22.5 Å². The van der Waals surface area contributed by atoms with E-state index in [9.17, 15) is 9.59 Å². The number of carbonyl (C=O) groups is 1. The fourth-order valence-electron chi connectivity index (χ4n) is 2.98. The molecule has 1 unspecified atom stereocenters. The van der Waals surface area contributed by atoms with E-state index in [-0.39, 0.29) is 17.4 Å². The molecule has 1 aromatic heterocycles. The lowest BCUT2D eigenvalue weighted by atomic mass is 9.93. The molecule has 114 valence electrons. The first-order valence-electron chi connectivity index (χ1n) is 7.79. The van der Waals surface area contributed by atoms with E-state index in [0.29, 0.717) is 0 Å². The van der Waals surface area contributed by atoms with E-state index in [0.717, 1.165) is 47.8 Å². The molecule has 4 nitrogen and oxygen atoms in total. The molecule has 22 heavy (non-hydrogen) atoms. The number of carbonyl (C=O) groups excluding carboxylic acids is 1. The van der Waals surface area contributed by atoms with Gasteiger partial charge in [-0.05, 0) is 43.4 Å². The Morgan fingerprint density at radius 3 is 2.91 bits per heavy atom. The van der Waals surface area contributed by atoms with E-state index in [4.69, 9.17) is 0 Å². The first-order chi connectivity index (χ1) is 10.7. The average Bonchev–Trinajstić information content (AvgIpc) is 2.54. The molecule has 1 aliphatic rings. The van der Waals surface area contributed by atoms with Crippen molar-refractivity contribution in [1.29, 1.82) is 0 Å². The number of hydrogen-bond acceptors (Lipinski definition) is 2. The van der Waals surface area contributed by atoms with Crippen molar-refractivity contribution in [1.82, 2.24) is 4.98 Å². The second kappa shape index (κ2) is 6.18. The molecule has 4 heteroatoms. The minimum atomic E-state index is -0.106. The lowest BCUT2D eigenvalue weighted by Gasteiger charge is -2.17. The van der Waals surface area contributed by atoms with Crippen molar-refractivity contribution in [2.24, 2.45) is 5.92 Å². The summed E-state index contributed by atoms with van der Waals surface area (Å²) in [6.45, 7) is 2.03. The number of aromatic nitrogens is 1. The molecule has 1 amide bonds. The first-order valence-corrected chi connectivity index (χ1v) is 7.79. The number of pyridine rings is 1. The Hall–Kier alpha value is -2.36. The van der Waals surface area contributed by atoms with Gasteiger partial charge in [-0.1, -0.05) is 25.1 Å². The second-order valence-electron chi connectivity index (χ2n) is 5.74. The standard InChI is InChI=1S/C18H20N2O2/c1-2-12-10-17(21)20-16-11-14(8-9-15(12)16)19-18(22)13-6-4-3-5-7-13/h3-4,8-11,13H,2,5-7H2,1H3,(H,19,22)(H,20,21). The van der Waals surface area contributed by atoms with Crippen molar-refractivity contribution < 1.29 is 4.79 Å². The van der Waals surface area contributed by atoms with E-state index >= 15 is 0 Å². The fourth-order valence-corrected chi connectivity index (χ4v) is 2.98. The van der Waals surface area contributed by atoms with Gasteiger partial charge in [-0.25, -0.2) is 0 Å². The summed E-state index contributed by atoms with van der Waals surface area (Å²) in [5, 5.41) is 3.99. The number of amides is 1. The maximum Gasteiger partial charge on any atom is 0.248 e. The van der Waals surface area contributed by atoms with Gasteiger partial charge < -0.3 is 10.3 Å². The number of anilines is 1. The van der Waals surface area contributed by atoms with Crippen LogP contribution in [-0.4, -0.2) is 10.9 Å². The molecule has 0 saturated heterocycles. The maximum absolute atomic E-state index is 12.3. The largest absolute Gasteiger partial charge is 0.326 e. The van der Waals surface area contributed by atoms with Crippen LogP contribution in [0.3, 0.4) is 0 Å². The number of allylic oxidation sites excluding steroid dienone is 2. The summed E-state index contributed by atoms with van der Waals surface area (Å²) < 4.78 is 0. The molecule has 0 saturated carbocycles. The van der Waals surface area contributed by atoms with Crippen LogP contribution < -0.4 is 10.9 Å². The highest BCUT2D eigenvalue weighted by atomic mass is 16.2. The third-order valence-corrected chi connectivity index (χ3v) is 4.22. The molecule has 2 N–H and O–H groups in total. The smallest absolute Gasteiger partial charge is 0.248 e. The number of hydrogen-bond donors (Lipinski definition) is 2. The number of aryl methyl sites for hydroxylation is 1. The number of H-pyrrole nitrogens is 1. The first kappa shape index (κ1) is 14.6. The van der Waals surface area contributed by atoms with Crippen molar-refractivity contribution in [3.05, 3.63) is 52.3 Å². The van der Waals surface area contributed by atoms with Crippen LogP contribution in [0.4, 0.5) is 5.69 Å². The summed E-state index contributed by atoms with van der Waals surface area (Å²) in [5.41, 5.74) is 2.42. The zero-order chi connectivity index (χ0) is 15.5. The molecule has 0 aliphatic heterocycles. The summed E-state index contributed by atoms with van der Waals surface area (Å²) in [4.78, 5) is 26.8. The minimum absolute atomic E-state index is 0.0433. The molecular formula is C18H20N2O2. The van der Waals surface area contributed by atoms with Crippen molar-refractivity contribution in [2.75, 3.05) is 5.32 Å². The summed E-state index contributed by atoms with van der Waals surface area (Å²) in [6.07, 6.45) is 7.66. The van der Waals surface area contributed by atoms with Gasteiger partial charge in [0.15, 0.2) is 0 Å². The number of nitrogens with one attached hydrogen (secondary N) is 2. The van der Waals surface area contributed by atoms with Crippen LogP contribution in [0, 0.1) is 5.92 Å². The number of fused-ring (bicyclic) bond motifs is 1. The Morgan fingerprint density at radius 2 is 2.18 bits per heavy atom. The van der Waals surface area contributed by atoms with Crippen LogP contribution in [0.25, 0.3) is 10.9 Å².